The molecule has 0 fully saturated rings. The van der Waals surface area contributed by atoms with Crippen molar-refractivity contribution in [1.82, 2.24) is 9.97 Å². The van der Waals surface area contributed by atoms with Crippen molar-refractivity contribution < 1.29 is 22.7 Å². The molecule has 16 heavy (non-hydrogen) atoms. The van der Waals surface area contributed by atoms with Crippen LogP contribution in [-0.4, -0.2) is 35.1 Å². The standard InChI is InChI=1S/C9H11F3N2O2/c10-9(11,12)6-16-4-1-7(15)5-8-13-2-3-14-8/h2-3H,1,4-6H2,(H,13,14). The summed E-state index contributed by atoms with van der Waals surface area (Å²) in [7, 11) is 0. The second kappa shape index (κ2) is 5.64. The monoisotopic (exact) mass is 236 g/mol. The van der Waals surface area contributed by atoms with Gasteiger partial charge in [0.1, 0.15) is 18.2 Å². The van der Waals surface area contributed by atoms with Crippen molar-refractivity contribution in [3.05, 3.63) is 18.2 Å². The number of alkyl halides is 3. The highest BCUT2D eigenvalue weighted by Gasteiger charge is 2.27. The van der Waals surface area contributed by atoms with E-state index < -0.39 is 12.8 Å². The third-order valence-electron chi connectivity index (χ3n) is 1.71. The maximum atomic E-state index is 11.7. The number of Topliss-reactive ketones (excluding diaryl/α,β-unsaturated/α-hetero) is 1. The number of aromatic nitrogens is 2. The third-order valence-corrected chi connectivity index (χ3v) is 1.71. The van der Waals surface area contributed by atoms with E-state index in [-0.39, 0.29) is 25.2 Å². The summed E-state index contributed by atoms with van der Waals surface area (Å²) in [4.78, 5) is 17.8. The molecule has 0 unspecified atom stereocenters. The molecule has 1 rings (SSSR count). The van der Waals surface area contributed by atoms with E-state index in [4.69, 9.17) is 0 Å². The summed E-state index contributed by atoms with van der Waals surface area (Å²) >= 11 is 0. The molecule has 7 heteroatoms. The van der Waals surface area contributed by atoms with E-state index in [0.29, 0.717) is 5.82 Å². The molecule has 0 aliphatic rings. The number of ketones is 1. The van der Waals surface area contributed by atoms with Crippen molar-refractivity contribution in [2.45, 2.75) is 19.0 Å². The Morgan fingerprint density at radius 1 is 1.50 bits per heavy atom. The van der Waals surface area contributed by atoms with Crippen LogP contribution in [0.2, 0.25) is 0 Å². The van der Waals surface area contributed by atoms with Gasteiger partial charge in [-0.15, -0.1) is 0 Å². The molecular weight excluding hydrogens is 225 g/mol. The van der Waals surface area contributed by atoms with Crippen LogP contribution in [0.4, 0.5) is 13.2 Å². The van der Waals surface area contributed by atoms with Crippen molar-refractivity contribution >= 4 is 5.78 Å². The summed E-state index contributed by atoms with van der Waals surface area (Å²) < 4.78 is 39.3. The first-order valence-electron chi connectivity index (χ1n) is 4.62. The van der Waals surface area contributed by atoms with E-state index >= 15 is 0 Å². The first-order valence-corrected chi connectivity index (χ1v) is 4.62. The molecule has 4 nitrogen and oxygen atoms in total. The number of halogens is 3. The van der Waals surface area contributed by atoms with Crippen molar-refractivity contribution in [2.24, 2.45) is 0 Å². The van der Waals surface area contributed by atoms with Crippen LogP contribution in [-0.2, 0) is 16.0 Å². The summed E-state index contributed by atoms with van der Waals surface area (Å²) in [6.45, 7) is -1.54. The molecule has 1 aromatic heterocycles. The van der Waals surface area contributed by atoms with Gasteiger partial charge in [0.2, 0.25) is 0 Å². The molecule has 0 radical (unpaired) electrons. The molecule has 0 aliphatic heterocycles. The minimum absolute atomic E-state index is 0.0449. The number of H-pyrrole nitrogens is 1. The van der Waals surface area contributed by atoms with Crippen LogP contribution in [0.15, 0.2) is 12.4 Å². The van der Waals surface area contributed by atoms with Gasteiger partial charge in [0.15, 0.2) is 0 Å². The summed E-state index contributed by atoms with van der Waals surface area (Å²) in [5, 5.41) is 0. The van der Waals surface area contributed by atoms with Gasteiger partial charge in [0.05, 0.1) is 13.0 Å². The van der Waals surface area contributed by atoms with Crippen LogP contribution < -0.4 is 0 Å². The van der Waals surface area contributed by atoms with Crippen LogP contribution in [0.1, 0.15) is 12.2 Å². The number of hydrogen-bond acceptors (Lipinski definition) is 3. The molecule has 0 saturated carbocycles. The predicted molar refractivity (Wildman–Crippen MR) is 48.8 cm³/mol. The van der Waals surface area contributed by atoms with Gasteiger partial charge in [-0.05, 0) is 0 Å². The van der Waals surface area contributed by atoms with Crippen LogP contribution in [0.5, 0.6) is 0 Å². The first kappa shape index (κ1) is 12.7. The van der Waals surface area contributed by atoms with E-state index in [1.807, 2.05) is 0 Å². The van der Waals surface area contributed by atoms with Gasteiger partial charge in [0, 0.05) is 18.8 Å². The molecule has 0 bridgehead atoms. The quantitative estimate of drug-likeness (QED) is 0.761. The maximum absolute atomic E-state index is 11.7. The summed E-state index contributed by atoms with van der Waals surface area (Å²) in [6, 6.07) is 0. The highest BCUT2D eigenvalue weighted by Crippen LogP contribution is 2.14. The Labute approximate surface area is 89.8 Å². The third kappa shape index (κ3) is 5.50. The summed E-state index contributed by atoms with van der Waals surface area (Å²) in [6.07, 6.45) is -1.23. The average Bonchev–Trinajstić information content (AvgIpc) is 2.63. The predicted octanol–water partition coefficient (Wildman–Crippen LogP) is 1.49. The van der Waals surface area contributed by atoms with E-state index in [0.717, 1.165) is 0 Å². The second-order valence-electron chi connectivity index (χ2n) is 3.17. The number of nitrogens with one attached hydrogen (secondary N) is 1. The minimum atomic E-state index is -4.34. The Bertz CT molecular complexity index is 322. The fourth-order valence-electron chi connectivity index (χ4n) is 1.04. The van der Waals surface area contributed by atoms with Crippen molar-refractivity contribution in [2.75, 3.05) is 13.2 Å². The van der Waals surface area contributed by atoms with Gasteiger partial charge >= 0.3 is 6.18 Å². The first-order chi connectivity index (χ1) is 7.47. The largest absolute Gasteiger partial charge is 0.411 e. The molecule has 0 saturated heterocycles. The normalized spacial score (nSPS) is 11.7. The van der Waals surface area contributed by atoms with Crippen molar-refractivity contribution in [1.29, 1.82) is 0 Å². The molecule has 0 amide bonds. The fourth-order valence-corrected chi connectivity index (χ4v) is 1.04. The lowest BCUT2D eigenvalue weighted by molar-refractivity contribution is -0.174. The Morgan fingerprint density at radius 3 is 2.81 bits per heavy atom. The number of nitrogens with zero attached hydrogens (tertiary/aromatic N) is 1. The zero-order valence-electron chi connectivity index (χ0n) is 8.38. The Morgan fingerprint density at radius 2 is 2.25 bits per heavy atom. The zero-order valence-corrected chi connectivity index (χ0v) is 8.38. The van der Waals surface area contributed by atoms with E-state index in [1.165, 1.54) is 6.20 Å². The van der Waals surface area contributed by atoms with Crippen molar-refractivity contribution in [3.8, 4) is 0 Å². The van der Waals surface area contributed by atoms with Crippen molar-refractivity contribution in [3.63, 3.8) is 0 Å². The van der Waals surface area contributed by atoms with E-state index in [2.05, 4.69) is 14.7 Å². The lowest BCUT2D eigenvalue weighted by Crippen LogP contribution is -2.18. The van der Waals surface area contributed by atoms with Gasteiger partial charge in [-0.1, -0.05) is 0 Å². The van der Waals surface area contributed by atoms with E-state index in [1.54, 1.807) is 6.20 Å². The van der Waals surface area contributed by atoms with Gasteiger partial charge in [-0.2, -0.15) is 13.2 Å². The maximum Gasteiger partial charge on any atom is 0.411 e. The minimum Gasteiger partial charge on any atom is -0.372 e. The summed E-state index contributed by atoms with van der Waals surface area (Å²) in [5.41, 5.74) is 0. The number of imidazole rings is 1. The van der Waals surface area contributed by atoms with Crippen LogP contribution in [0.25, 0.3) is 0 Å². The van der Waals surface area contributed by atoms with E-state index in [9.17, 15) is 18.0 Å². The van der Waals surface area contributed by atoms with Gasteiger partial charge in [0.25, 0.3) is 0 Å². The smallest absolute Gasteiger partial charge is 0.372 e. The Kier molecular flexibility index (Phi) is 4.48. The zero-order chi connectivity index (χ0) is 12.0. The molecular formula is C9H11F3N2O2. The summed E-state index contributed by atoms with van der Waals surface area (Å²) in [5.74, 6) is 0.290. The Balaban J connectivity index is 2.12. The fraction of sp³-hybridized carbons (Fsp3) is 0.556. The molecule has 0 aliphatic carbocycles. The highest BCUT2D eigenvalue weighted by atomic mass is 19.4. The van der Waals surface area contributed by atoms with Gasteiger partial charge in [-0.25, -0.2) is 4.98 Å². The average molecular weight is 236 g/mol. The highest BCUT2D eigenvalue weighted by molar-refractivity contribution is 5.80. The molecule has 0 aromatic carbocycles. The van der Waals surface area contributed by atoms with Crippen LogP contribution in [0.3, 0.4) is 0 Å². The second-order valence-corrected chi connectivity index (χ2v) is 3.17. The number of ether oxygens (including phenoxy) is 1. The van der Waals surface area contributed by atoms with Crippen LogP contribution >= 0.6 is 0 Å². The van der Waals surface area contributed by atoms with Gasteiger partial charge in [-0.3, -0.25) is 4.79 Å². The molecule has 1 heterocycles. The number of carbonyl (C=O) groups excluding carboxylic acids is 1. The molecule has 1 aromatic rings. The SMILES string of the molecule is O=C(CCOCC(F)(F)F)Cc1ncc[nH]1. The Hall–Kier alpha value is -1.37. The number of aromatic amines is 1. The number of hydrogen-bond donors (Lipinski definition) is 1. The molecule has 0 atom stereocenters. The lowest BCUT2D eigenvalue weighted by atomic mass is 10.2. The molecule has 1 N–H and O–H groups in total. The number of carbonyl (C=O) groups is 1. The molecule has 90 valence electrons. The number of rotatable bonds is 6. The topological polar surface area (TPSA) is 55.0 Å². The molecule has 0 spiro atoms. The van der Waals surface area contributed by atoms with Gasteiger partial charge < -0.3 is 9.72 Å². The lowest BCUT2D eigenvalue weighted by Gasteiger charge is -2.06. The van der Waals surface area contributed by atoms with Crippen LogP contribution in [0, 0.1) is 0 Å².